The second-order valence-corrected chi connectivity index (χ2v) is 4.34. The molecule has 1 unspecified atom stereocenters. The Hall–Kier alpha value is -1.09. The molecule has 1 saturated heterocycles. The molecule has 1 fully saturated rings. The largest absolute Gasteiger partial charge is 0.315 e. The van der Waals surface area contributed by atoms with Crippen LogP contribution in [0.1, 0.15) is 19.8 Å². The highest BCUT2D eigenvalue weighted by Gasteiger charge is 2.25. The number of hydrogen-bond donors (Lipinski definition) is 0. The van der Waals surface area contributed by atoms with Crippen molar-refractivity contribution >= 4 is 5.91 Å². The fraction of sp³-hybridized carbons (Fsp3) is 0.583. The van der Waals surface area contributed by atoms with Crippen molar-refractivity contribution in [1.29, 1.82) is 0 Å². The van der Waals surface area contributed by atoms with E-state index >= 15 is 0 Å². The van der Waals surface area contributed by atoms with Crippen molar-refractivity contribution in [3.63, 3.8) is 0 Å². The molecule has 0 N–H and O–H groups in total. The average Bonchev–Trinajstić information content (AvgIpc) is 2.64. The van der Waals surface area contributed by atoms with E-state index < -0.39 is 0 Å². The number of likely N-dealkylation sites (tertiary alicyclic amines) is 1. The third kappa shape index (κ3) is 2.12. The number of hydrogen-bond acceptors (Lipinski definition) is 2. The van der Waals surface area contributed by atoms with Crippen LogP contribution >= 0.6 is 0 Å². The first kappa shape index (κ1) is 10.4. The Morgan fingerprint density at radius 1 is 1.53 bits per heavy atom. The van der Waals surface area contributed by atoms with Crippen LogP contribution in [0.2, 0.25) is 0 Å². The molecular formula is C12H18N2O. The average molecular weight is 206 g/mol. The van der Waals surface area contributed by atoms with Gasteiger partial charge in [0.15, 0.2) is 0 Å². The van der Waals surface area contributed by atoms with Gasteiger partial charge in [0.1, 0.15) is 0 Å². The van der Waals surface area contributed by atoms with E-state index in [0.29, 0.717) is 6.04 Å². The minimum Gasteiger partial charge on any atom is -0.315 e. The Morgan fingerprint density at radius 3 is 2.93 bits per heavy atom. The second-order valence-electron chi connectivity index (χ2n) is 4.34. The molecular weight excluding hydrogens is 188 g/mol. The molecule has 3 heteroatoms. The summed E-state index contributed by atoms with van der Waals surface area (Å²) in [4.78, 5) is 15.4. The van der Waals surface area contributed by atoms with Crippen molar-refractivity contribution in [1.82, 2.24) is 9.80 Å². The van der Waals surface area contributed by atoms with Gasteiger partial charge in [-0.1, -0.05) is 12.2 Å². The Labute approximate surface area is 91.0 Å². The molecule has 15 heavy (non-hydrogen) atoms. The zero-order chi connectivity index (χ0) is 10.8. The monoisotopic (exact) mass is 206 g/mol. The minimum absolute atomic E-state index is 0.123. The van der Waals surface area contributed by atoms with Gasteiger partial charge < -0.3 is 4.90 Å². The van der Waals surface area contributed by atoms with Crippen LogP contribution in [0.3, 0.4) is 0 Å². The number of amides is 1. The first-order chi connectivity index (χ1) is 7.18. The van der Waals surface area contributed by atoms with Crippen molar-refractivity contribution < 1.29 is 4.79 Å². The van der Waals surface area contributed by atoms with Gasteiger partial charge in [0, 0.05) is 25.7 Å². The molecule has 0 saturated carbocycles. The van der Waals surface area contributed by atoms with Crippen LogP contribution in [-0.4, -0.2) is 41.9 Å². The lowest BCUT2D eigenvalue weighted by Gasteiger charge is -2.26. The predicted molar refractivity (Wildman–Crippen MR) is 60.3 cm³/mol. The maximum Gasteiger partial charge on any atom is 0.223 e. The van der Waals surface area contributed by atoms with Gasteiger partial charge >= 0.3 is 0 Å². The first-order valence-corrected chi connectivity index (χ1v) is 5.54. The lowest BCUT2D eigenvalue weighted by Crippen LogP contribution is -2.31. The van der Waals surface area contributed by atoms with Crippen LogP contribution in [0.5, 0.6) is 0 Å². The van der Waals surface area contributed by atoms with Crippen LogP contribution in [-0.2, 0) is 4.79 Å². The van der Waals surface area contributed by atoms with E-state index in [1.54, 1.807) is 11.8 Å². The Bertz CT molecular complexity index is 320. The molecule has 0 aliphatic carbocycles. The van der Waals surface area contributed by atoms with Gasteiger partial charge in [0.25, 0.3) is 0 Å². The summed E-state index contributed by atoms with van der Waals surface area (Å²) in [5, 5.41) is 0. The fourth-order valence-corrected chi connectivity index (χ4v) is 2.33. The number of carbonyl (C=O) groups excluding carboxylic acids is 1. The molecule has 0 spiro atoms. The third-order valence-corrected chi connectivity index (χ3v) is 3.23. The summed E-state index contributed by atoms with van der Waals surface area (Å²) in [6, 6.07) is 0.503. The van der Waals surface area contributed by atoms with E-state index in [2.05, 4.69) is 24.1 Å². The van der Waals surface area contributed by atoms with E-state index in [1.807, 2.05) is 6.20 Å². The number of nitrogens with zero attached hydrogens (tertiary/aromatic N) is 2. The van der Waals surface area contributed by atoms with Crippen molar-refractivity contribution in [2.24, 2.45) is 0 Å². The van der Waals surface area contributed by atoms with Gasteiger partial charge in [0.2, 0.25) is 5.91 Å². The van der Waals surface area contributed by atoms with E-state index in [-0.39, 0.29) is 5.91 Å². The number of carbonyl (C=O) groups is 1. The summed E-state index contributed by atoms with van der Waals surface area (Å²) in [6.45, 7) is 3.50. The topological polar surface area (TPSA) is 23.6 Å². The van der Waals surface area contributed by atoms with Gasteiger partial charge in [-0.25, -0.2) is 0 Å². The molecule has 0 aromatic carbocycles. The Morgan fingerprint density at radius 2 is 2.33 bits per heavy atom. The standard InChI is InChI=1S/C12H18N2O/c1-10(15)14-8-3-5-11(9-14)12-6-4-7-13(12)2/h3,5,9,12H,4,6-8H2,1-2H3. The minimum atomic E-state index is 0.123. The molecule has 2 rings (SSSR count). The van der Waals surface area contributed by atoms with Crippen molar-refractivity contribution in [3.8, 4) is 0 Å². The highest BCUT2D eigenvalue weighted by Crippen LogP contribution is 2.24. The summed E-state index contributed by atoms with van der Waals surface area (Å²) in [6.07, 6.45) is 8.70. The maximum absolute atomic E-state index is 11.3. The lowest BCUT2D eigenvalue weighted by atomic mass is 10.0. The van der Waals surface area contributed by atoms with Crippen molar-refractivity contribution in [2.75, 3.05) is 20.1 Å². The zero-order valence-corrected chi connectivity index (χ0v) is 9.44. The highest BCUT2D eigenvalue weighted by molar-refractivity contribution is 5.75. The molecule has 3 nitrogen and oxygen atoms in total. The van der Waals surface area contributed by atoms with Crippen molar-refractivity contribution in [3.05, 3.63) is 23.9 Å². The summed E-state index contributed by atoms with van der Waals surface area (Å²) in [5.74, 6) is 0.123. The summed E-state index contributed by atoms with van der Waals surface area (Å²) < 4.78 is 0. The summed E-state index contributed by atoms with van der Waals surface area (Å²) in [7, 11) is 2.15. The van der Waals surface area contributed by atoms with Gasteiger partial charge in [0.05, 0.1) is 0 Å². The predicted octanol–water partition coefficient (Wildman–Crippen LogP) is 1.38. The number of likely N-dealkylation sites (N-methyl/N-ethyl adjacent to an activating group) is 1. The lowest BCUT2D eigenvalue weighted by molar-refractivity contribution is -0.125. The van der Waals surface area contributed by atoms with Crippen LogP contribution < -0.4 is 0 Å². The molecule has 82 valence electrons. The quantitative estimate of drug-likeness (QED) is 0.647. The fourth-order valence-electron chi connectivity index (χ4n) is 2.33. The molecule has 2 aliphatic heterocycles. The Kier molecular flexibility index (Phi) is 2.91. The second kappa shape index (κ2) is 4.19. The van der Waals surface area contributed by atoms with Crippen LogP contribution in [0.15, 0.2) is 23.9 Å². The van der Waals surface area contributed by atoms with Gasteiger partial charge in [-0.15, -0.1) is 0 Å². The van der Waals surface area contributed by atoms with Crippen LogP contribution in [0.25, 0.3) is 0 Å². The molecule has 2 aliphatic rings. The normalized spacial score (nSPS) is 26.9. The van der Waals surface area contributed by atoms with Gasteiger partial charge in [-0.05, 0) is 32.0 Å². The Balaban J connectivity index is 2.14. The smallest absolute Gasteiger partial charge is 0.223 e. The van der Waals surface area contributed by atoms with Crippen molar-refractivity contribution in [2.45, 2.75) is 25.8 Å². The molecule has 0 aromatic heterocycles. The molecule has 2 heterocycles. The molecule has 0 aromatic rings. The van der Waals surface area contributed by atoms with Crippen LogP contribution in [0, 0.1) is 0 Å². The van der Waals surface area contributed by atoms with E-state index in [0.717, 1.165) is 13.1 Å². The molecule has 1 amide bonds. The van der Waals surface area contributed by atoms with Crippen LogP contribution in [0.4, 0.5) is 0 Å². The summed E-state index contributed by atoms with van der Waals surface area (Å²) >= 11 is 0. The molecule has 0 radical (unpaired) electrons. The zero-order valence-electron chi connectivity index (χ0n) is 9.44. The van der Waals surface area contributed by atoms with Gasteiger partial charge in [-0.3, -0.25) is 9.69 Å². The van der Waals surface area contributed by atoms with E-state index in [9.17, 15) is 4.79 Å². The van der Waals surface area contributed by atoms with E-state index in [1.165, 1.54) is 18.4 Å². The van der Waals surface area contributed by atoms with Gasteiger partial charge in [-0.2, -0.15) is 0 Å². The number of rotatable bonds is 1. The molecule has 0 bridgehead atoms. The highest BCUT2D eigenvalue weighted by atomic mass is 16.2. The summed E-state index contributed by atoms with van der Waals surface area (Å²) in [5.41, 5.74) is 1.27. The van der Waals surface area contributed by atoms with E-state index in [4.69, 9.17) is 0 Å². The maximum atomic E-state index is 11.3. The molecule has 1 atom stereocenters. The first-order valence-electron chi connectivity index (χ1n) is 5.54. The third-order valence-electron chi connectivity index (χ3n) is 3.23. The SMILES string of the molecule is CC(=O)N1C=C(C2CCCN2C)C=CC1.